The van der Waals surface area contributed by atoms with E-state index in [-0.39, 0.29) is 5.91 Å². The van der Waals surface area contributed by atoms with E-state index in [1.54, 1.807) is 0 Å². The number of piperidine rings is 1. The smallest absolute Gasteiger partial charge is 0.253 e. The predicted molar refractivity (Wildman–Crippen MR) is 111 cm³/mol. The molecule has 27 heavy (non-hydrogen) atoms. The summed E-state index contributed by atoms with van der Waals surface area (Å²) in [5.74, 6) is 0.134. The minimum Gasteiger partial charge on any atom is -0.340 e. The van der Waals surface area contributed by atoms with E-state index in [2.05, 4.69) is 33.8 Å². The first kappa shape index (κ1) is 20.3. The molecule has 1 aromatic rings. The van der Waals surface area contributed by atoms with Crippen LogP contribution < -0.4 is 0 Å². The summed E-state index contributed by atoms with van der Waals surface area (Å²) in [6.45, 7) is 13.1. The first-order valence-electron chi connectivity index (χ1n) is 10.7. The molecular weight excluding hydrogens is 336 g/mol. The van der Waals surface area contributed by atoms with E-state index in [9.17, 15) is 4.79 Å². The second-order valence-electron chi connectivity index (χ2n) is 8.04. The van der Waals surface area contributed by atoms with Crippen molar-refractivity contribution in [2.75, 3.05) is 66.0 Å². The molecule has 2 aliphatic heterocycles. The summed E-state index contributed by atoms with van der Waals surface area (Å²) in [6.07, 6.45) is 3.95. The van der Waals surface area contributed by atoms with E-state index in [1.807, 2.05) is 24.1 Å². The summed E-state index contributed by atoms with van der Waals surface area (Å²) >= 11 is 0. The summed E-state index contributed by atoms with van der Waals surface area (Å²) in [6, 6.07) is 8.24. The van der Waals surface area contributed by atoms with Crippen molar-refractivity contribution in [1.82, 2.24) is 19.6 Å². The molecule has 2 fully saturated rings. The average Bonchev–Trinajstić information content (AvgIpc) is 2.73. The summed E-state index contributed by atoms with van der Waals surface area (Å²) < 4.78 is 0. The zero-order valence-electron chi connectivity index (χ0n) is 17.2. The van der Waals surface area contributed by atoms with Gasteiger partial charge in [0.15, 0.2) is 0 Å². The van der Waals surface area contributed by atoms with Gasteiger partial charge in [-0.2, -0.15) is 0 Å². The van der Waals surface area contributed by atoms with Gasteiger partial charge in [-0.3, -0.25) is 9.69 Å². The molecule has 0 radical (unpaired) electrons. The van der Waals surface area contributed by atoms with E-state index >= 15 is 0 Å². The summed E-state index contributed by atoms with van der Waals surface area (Å²) in [4.78, 5) is 22.0. The Kier molecular flexibility index (Phi) is 7.68. The fraction of sp³-hybridized carbons (Fsp3) is 0.682. The van der Waals surface area contributed by atoms with Gasteiger partial charge in [0.1, 0.15) is 0 Å². The molecule has 150 valence electrons. The quantitative estimate of drug-likeness (QED) is 0.735. The molecule has 0 aliphatic carbocycles. The van der Waals surface area contributed by atoms with Crippen LogP contribution in [-0.4, -0.2) is 91.5 Å². The molecule has 2 aliphatic rings. The van der Waals surface area contributed by atoms with Gasteiger partial charge in [0.05, 0.1) is 0 Å². The van der Waals surface area contributed by atoms with Gasteiger partial charge in [0, 0.05) is 58.4 Å². The number of rotatable bonds is 7. The van der Waals surface area contributed by atoms with Crippen molar-refractivity contribution in [3.8, 4) is 0 Å². The number of hydrogen-bond acceptors (Lipinski definition) is 4. The molecule has 1 amide bonds. The van der Waals surface area contributed by atoms with E-state index in [1.165, 1.54) is 37.9 Å². The van der Waals surface area contributed by atoms with Gasteiger partial charge in [-0.15, -0.1) is 0 Å². The van der Waals surface area contributed by atoms with Crippen molar-refractivity contribution < 1.29 is 4.79 Å². The Morgan fingerprint density at radius 3 is 2.15 bits per heavy atom. The lowest BCUT2D eigenvalue weighted by Gasteiger charge is -2.34. The van der Waals surface area contributed by atoms with Gasteiger partial charge in [-0.25, -0.2) is 0 Å². The van der Waals surface area contributed by atoms with Crippen molar-refractivity contribution in [2.24, 2.45) is 0 Å². The second-order valence-corrected chi connectivity index (χ2v) is 8.04. The number of likely N-dealkylation sites (N-methyl/N-ethyl adjacent to an activating group) is 2. The normalized spacial score (nSPS) is 19.9. The monoisotopic (exact) mass is 372 g/mol. The fourth-order valence-electron chi connectivity index (χ4n) is 4.07. The molecule has 0 spiro atoms. The first-order valence-corrected chi connectivity index (χ1v) is 10.7. The van der Waals surface area contributed by atoms with E-state index in [4.69, 9.17) is 0 Å². The Morgan fingerprint density at radius 2 is 1.52 bits per heavy atom. The van der Waals surface area contributed by atoms with Crippen molar-refractivity contribution >= 4 is 5.91 Å². The topological polar surface area (TPSA) is 30.0 Å². The highest BCUT2D eigenvalue weighted by molar-refractivity contribution is 5.94. The maximum atomic E-state index is 12.7. The van der Waals surface area contributed by atoms with Crippen molar-refractivity contribution in [1.29, 1.82) is 0 Å². The van der Waals surface area contributed by atoms with Crippen LogP contribution in [0.15, 0.2) is 24.3 Å². The Morgan fingerprint density at radius 1 is 0.889 bits per heavy atom. The third-order valence-corrected chi connectivity index (χ3v) is 6.07. The lowest BCUT2D eigenvalue weighted by atomic mass is 10.1. The Bertz CT molecular complexity index is 574. The van der Waals surface area contributed by atoms with Gasteiger partial charge in [0.2, 0.25) is 0 Å². The van der Waals surface area contributed by atoms with Crippen LogP contribution in [0.1, 0.15) is 42.1 Å². The molecule has 2 heterocycles. The maximum Gasteiger partial charge on any atom is 0.253 e. The molecule has 5 nitrogen and oxygen atoms in total. The predicted octanol–water partition coefficient (Wildman–Crippen LogP) is 2.38. The van der Waals surface area contributed by atoms with Crippen LogP contribution in [0.2, 0.25) is 0 Å². The second kappa shape index (κ2) is 10.2. The number of piperazine rings is 1. The van der Waals surface area contributed by atoms with Crippen LogP contribution in [-0.2, 0) is 6.54 Å². The van der Waals surface area contributed by atoms with Crippen molar-refractivity contribution in [3.63, 3.8) is 0 Å². The molecule has 0 atom stereocenters. The highest BCUT2D eigenvalue weighted by Gasteiger charge is 2.17. The van der Waals surface area contributed by atoms with Gasteiger partial charge in [-0.1, -0.05) is 25.5 Å². The van der Waals surface area contributed by atoms with Gasteiger partial charge < -0.3 is 14.7 Å². The third kappa shape index (κ3) is 6.03. The minimum atomic E-state index is 0.134. The lowest BCUT2D eigenvalue weighted by molar-refractivity contribution is 0.0773. The molecule has 0 bridgehead atoms. The zero-order chi connectivity index (χ0) is 19.1. The SMILES string of the molecule is CCN1CCN(Cc2ccc(C(=O)N(C)CCN3CCCCC3)cc2)CC1. The van der Waals surface area contributed by atoms with Crippen LogP contribution in [0.5, 0.6) is 0 Å². The van der Waals surface area contributed by atoms with Crippen LogP contribution in [0.3, 0.4) is 0 Å². The molecule has 0 saturated carbocycles. The third-order valence-electron chi connectivity index (χ3n) is 6.07. The van der Waals surface area contributed by atoms with Gasteiger partial charge >= 0.3 is 0 Å². The Hall–Kier alpha value is -1.43. The molecule has 0 N–H and O–H groups in total. The first-order chi connectivity index (χ1) is 13.2. The van der Waals surface area contributed by atoms with E-state index in [0.717, 1.165) is 57.9 Å². The number of nitrogens with zero attached hydrogens (tertiary/aromatic N) is 4. The van der Waals surface area contributed by atoms with Crippen LogP contribution in [0, 0.1) is 0 Å². The number of likely N-dealkylation sites (tertiary alicyclic amines) is 1. The Balaban J connectivity index is 1.45. The van der Waals surface area contributed by atoms with Crippen LogP contribution in [0.4, 0.5) is 0 Å². The lowest BCUT2D eigenvalue weighted by Crippen LogP contribution is -2.45. The molecule has 3 rings (SSSR count). The standard InChI is InChI=1S/C22H36N4O/c1-3-24-15-17-26(18-16-24)19-20-7-9-21(10-8-20)22(27)23(2)13-14-25-11-5-4-6-12-25/h7-10H,3-6,11-19H2,1-2H3. The summed E-state index contributed by atoms with van der Waals surface area (Å²) in [7, 11) is 1.92. The maximum absolute atomic E-state index is 12.7. The summed E-state index contributed by atoms with van der Waals surface area (Å²) in [5.41, 5.74) is 2.10. The van der Waals surface area contributed by atoms with Gasteiger partial charge in [-0.05, 0) is 50.2 Å². The molecular formula is C22H36N4O. The molecule has 5 heteroatoms. The number of carbonyl (C=O) groups is 1. The number of hydrogen-bond donors (Lipinski definition) is 0. The van der Waals surface area contributed by atoms with E-state index < -0.39 is 0 Å². The fourth-order valence-corrected chi connectivity index (χ4v) is 4.07. The number of amides is 1. The minimum absolute atomic E-state index is 0.134. The van der Waals surface area contributed by atoms with Crippen molar-refractivity contribution in [3.05, 3.63) is 35.4 Å². The molecule has 0 aromatic heterocycles. The molecule has 0 unspecified atom stereocenters. The van der Waals surface area contributed by atoms with Gasteiger partial charge in [0.25, 0.3) is 5.91 Å². The average molecular weight is 373 g/mol. The summed E-state index contributed by atoms with van der Waals surface area (Å²) in [5, 5.41) is 0. The number of carbonyl (C=O) groups excluding carboxylic acids is 1. The van der Waals surface area contributed by atoms with Crippen LogP contribution in [0.25, 0.3) is 0 Å². The van der Waals surface area contributed by atoms with Crippen molar-refractivity contribution in [2.45, 2.75) is 32.7 Å². The number of benzene rings is 1. The van der Waals surface area contributed by atoms with Crippen LogP contribution >= 0.6 is 0 Å². The van der Waals surface area contributed by atoms with E-state index in [0.29, 0.717) is 0 Å². The Labute approximate surface area is 164 Å². The zero-order valence-corrected chi connectivity index (χ0v) is 17.2. The highest BCUT2D eigenvalue weighted by atomic mass is 16.2. The molecule has 1 aromatic carbocycles. The highest BCUT2D eigenvalue weighted by Crippen LogP contribution is 2.12. The molecule has 2 saturated heterocycles. The largest absolute Gasteiger partial charge is 0.340 e.